The first-order valence-corrected chi connectivity index (χ1v) is 11.8. The number of rotatable bonds is 7. The zero-order chi connectivity index (χ0) is 21.0. The number of methoxy groups -OCH3 is 1. The number of anilines is 1. The molecule has 162 valence electrons. The predicted octanol–water partition coefficient (Wildman–Crippen LogP) is 4.80. The first-order valence-electron chi connectivity index (χ1n) is 11.8. The van der Waals surface area contributed by atoms with Gasteiger partial charge in [-0.25, -0.2) is 0 Å². The van der Waals surface area contributed by atoms with Gasteiger partial charge in [0.25, 0.3) is 0 Å². The third kappa shape index (κ3) is 3.30. The van der Waals surface area contributed by atoms with Gasteiger partial charge in [-0.3, -0.25) is 4.79 Å². The molecule has 0 spiro atoms. The van der Waals surface area contributed by atoms with Crippen molar-refractivity contribution in [2.45, 2.75) is 76.3 Å². The molecule has 3 saturated carbocycles. The van der Waals surface area contributed by atoms with Gasteiger partial charge in [0, 0.05) is 54.0 Å². The maximum absolute atomic E-state index is 13.4. The van der Waals surface area contributed by atoms with Gasteiger partial charge in [0.15, 0.2) is 0 Å². The lowest BCUT2D eigenvalue weighted by atomic mass is 9.63. The molecule has 5 heteroatoms. The summed E-state index contributed by atoms with van der Waals surface area (Å²) in [5.74, 6) is 3.21. The molecule has 1 amide bonds. The Hall–Kier alpha value is -2.04. The molecule has 0 radical (unpaired) electrons. The van der Waals surface area contributed by atoms with Crippen molar-refractivity contribution < 1.29 is 9.53 Å². The van der Waals surface area contributed by atoms with Gasteiger partial charge in [-0.15, -0.1) is 0 Å². The summed E-state index contributed by atoms with van der Waals surface area (Å²) in [4.78, 5) is 15.6. The molecule has 5 fully saturated rings. The molecule has 1 atom stereocenters. The SMILES string of the molecule is CNc1ccc(OC)c(C2CC2)c1C(=N)C(C)CC(=O)N1C2CC3CC(C2)CC1C3. The van der Waals surface area contributed by atoms with Crippen LogP contribution in [0.2, 0.25) is 0 Å². The number of benzene rings is 1. The fraction of sp³-hybridized carbons (Fsp3) is 0.680. The second-order valence-corrected chi connectivity index (χ2v) is 10.2. The topological polar surface area (TPSA) is 65.4 Å². The first-order chi connectivity index (χ1) is 14.5. The number of ether oxygens (including phenoxy) is 1. The number of carbonyl (C=O) groups is 1. The third-order valence-corrected chi connectivity index (χ3v) is 8.09. The van der Waals surface area contributed by atoms with Gasteiger partial charge in [0.05, 0.1) is 7.11 Å². The van der Waals surface area contributed by atoms with E-state index in [2.05, 4.69) is 10.2 Å². The molecule has 1 aromatic carbocycles. The van der Waals surface area contributed by atoms with E-state index >= 15 is 0 Å². The molecule has 6 rings (SSSR count). The number of carbonyl (C=O) groups excluding carboxylic acids is 1. The Labute approximate surface area is 180 Å². The molecule has 2 aliphatic heterocycles. The van der Waals surface area contributed by atoms with Crippen LogP contribution in [0, 0.1) is 23.2 Å². The van der Waals surface area contributed by atoms with Crippen molar-refractivity contribution >= 4 is 17.3 Å². The van der Waals surface area contributed by atoms with Crippen molar-refractivity contribution in [2.24, 2.45) is 17.8 Å². The van der Waals surface area contributed by atoms with E-state index in [4.69, 9.17) is 10.1 Å². The Balaban J connectivity index is 1.36. The highest BCUT2D eigenvalue weighted by Crippen LogP contribution is 2.50. The van der Waals surface area contributed by atoms with Gasteiger partial charge < -0.3 is 20.4 Å². The highest BCUT2D eigenvalue weighted by atomic mass is 16.5. The van der Waals surface area contributed by atoms with Gasteiger partial charge >= 0.3 is 0 Å². The summed E-state index contributed by atoms with van der Waals surface area (Å²) >= 11 is 0. The van der Waals surface area contributed by atoms with Crippen molar-refractivity contribution in [2.75, 3.05) is 19.5 Å². The van der Waals surface area contributed by atoms with Crippen molar-refractivity contribution in [1.29, 1.82) is 5.41 Å². The van der Waals surface area contributed by atoms with E-state index in [1.807, 2.05) is 26.1 Å². The van der Waals surface area contributed by atoms with E-state index in [0.717, 1.165) is 47.2 Å². The average Bonchev–Trinajstić information content (AvgIpc) is 3.56. The fourth-order valence-corrected chi connectivity index (χ4v) is 6.71. The minimum absolute atomic E-state index is 0.105. The van der Waals surface area contributed by atoms with E-state index < -0.39 is 0 Å². The minimum atomic E-state index is -0.105. The van der Waals surface area contributed by atoms with E-state index in [1.165, 1.54) is 32.1 Å². The number of hydrogen-bond acceptors (Lipinski definition) is 4. The minimum Gasteiger partial charge on any atom is -0.496 e. The number of nitrogens with one attached hydrogen (secondary N) is 2. The van der Waals surface area contributed by atoms with Gasteiger partial charge in [-0.05, 0) is 74.8 Å². The number of piperidine rings is 2. The van der Waals surface area contributed by atoms with Crippen LogP contribution >= 0.6 is 0 Å². The van der Waals surface area contributed by atoms with Crippen molar-refractivity contribution in [3.05, 3.63) is 23.3 Å². The molecule has 2 saturated heterocycles. The summed E-state index contributed by atoms with van der Waals surface area (Å²) in [5, 5.41) is 12.3. The summed E-state index contributed by atoms with van der Waals surface area (Å²) in [6, 6.07) is 4.93. The highest BCUT2D eigenvalue weighted by molar-refractivity contribution is 6.07. The maximum Gasteiger partial charge on any atom is 0.223 e. The Bertz CT molecular complexity index is 832. The third-order valence-electron chi connectivity index (χ3n) is 8.09. The van der Waals surface area contributed by atoms with Crippen LogP contribution in [0.1, 0.15) is 75.3 Å². The summed E-state index contributed by atoms with van der Waals surface area (Å²) in [7, 11) is 3.62. The maximum atomic E-state index is 13.4. The van der Waals surface area contributed by atoms with Crippen LogP contribution in [0.15, 0.2) is 12.1 Å². The van der Waals surface area contributed by atoms with Crippen LogP contribution in [0.25, 0.3) is 0 Å². The molecule has 1 aromatic rings. The lowest BCUT2D eigenvalue weighted by Crippen LogP contribution is -2.60. The fourth-order valence-electron chi connectivity index (χ4n) is 6.71. The molecular formula is C25H35N3O2. The zero-order valence-corrected chi connectivity index (χ0v) is 18.5. The Morgan fingerprint density at radius 1 is 1.17 bits per heavy atom. The number of nitrogens with zero attached hydrogens (tertiary/aromatic N) is 1. The van der Waals surface area contributed by atoms with Crippen LogP contribution in [0.5, 0.6) is 5.75 Å². The molecule has 5 aliphatic rings. The molecule has 2 N–H and O–H groups in total. The van der Waals surface area contributed by atoms with Crippen molar-refractivity contribution in [3.8, 4) is 5.75 Å². The molecule has 30 heavy (non-hydrogen) atoms. The van der Waals surface area contributed by atoms with E-state index in [-0.39, 0.29) is 11.8 Å². The van der Waals surface area contributed by atoms with E-state index in [0.29, 0.717) is 30.1 Å². The normalized spacial score (nSPS) is 30.3. The molecular weight excluding hydrogens is 374 g/mol. The summed E-state index contributed by atoms with van der Waals surface area (Å²) in [6.45, 7) is 2.05. The van der Waals surface area contributed by atoms with Crippen molar-refractivity contribution in [3.63, 3.8) is 0 Å². The monoisotopic (exact) mass is 409 g/mol. The Kier molecular flexibility index (Phi) is 5.03. The van der Waals surface area contributed by atoms with Gasteiger partial charge in [0.2, 0.25) is 5.91 Å². The Morgan fingerprint density at radius 3 is 2.33 bits per heavy atom. The molecule has 5 nitrogen and oxygen atoms in total. The van der Waals surface area contributed by atoms with Crippen LogP contribution < -0.4 is 10.1 Å². The summed E-state index contributed by atoms with van der Waals surface area (Å²) < 4.78 is 5.66. The second kappa shape index (κ2) is 7.58. The quantitative estimate of drug-likeness (QED) is 0.636. The number of amides is 1. The van der Waals surface area contributed by atoms with E-state index in [9.17, 15) is 4.79 Å². The summed E-state index contributed by atoms with van der Waals surface area (Å²) in [5.41, 5.74) is 3.65. The second-order valence-electron chi connectivity index (χ2n) is 10.2. The number of hydrogen-bond donors (Lipinski definition) is 2. The molecule has 1 unspecified atom stereocenters. The largest absolute Gasteiger partial charge is 0.496 e. The molecule has 2 heterocycles. The summed E-state index contributed by atoms with van der Waals surface area (Å²) in [6.07, 6.45) is 8.94. The van der Waals surface area contributed by atoms with Gasteiger partial charge in [-0.1, -0.05) is 6.92 Å². The van der Waals surface area contributed by atoms with Gasteiger partial charge in [-0.2, -0.15) is 0 Å². The smallest absolute Gasteiger partial charge is 0.223 e. The van der Waals surface area contributed by atoms with Crippen LogP contribution in [-0.2, 0) is 4.79 Å². The predicted molar refractivity (Wildman–Crippen MR) is 120 cm³/mol. The van der Waals surface area contributed by atoms with Crippen LogP contribution in [0.4, 0.5) is 5.69 Å². The lowest BCUT2D eigenvalue weighted by molar-refractivity contribution is -0.149. The molecule has 4 bridgehead atoms. The van der Waals surface area contributed by atoms with E-state index in [1.54, 1.807) is 7.11 Å². The molecule has 0 aromatic heterocycles. The average molecular weight is 410 g/mol. The lowest BCUT2D eigenvalue weighted by Gasteiger charge is -2.56. The zero-order valence-electron chi connectivity index (χ0n) is 18.5. The first kappa shape index (κ1) is 19.9. The van der Waals surface area contributed by atoms with Gasteiger partial charge in [0.1, 0.15) is 5.75 Å². The Morgan fingerprint density at radius 2 is 1.80 bits per heavy atom. The standard InChI is InChI=1S/C25H35N3O2/c1-14(8-22(29)28-18-10-15-9-16(12-18)13-19(28)11-15)25(26)24-20(27-2)6-7-21(30-3)23(24)17-4-5-17/h6-7,14-19,26-27H,4-5,8-13H2,1-3H3. The van der Waals surface area contributed by atoms with Crippen LogP contribution in [0.3, 0.4) is 0 Å². The highest BCUT2D eigenvalue weighted by Gasteiger charge is 2.48. The van der Waals surface area contributed by atoms with Crippen LogP contribution in [-0.4, -0.2) is 42.8 Å². The van der Waals surface area contributed by atoms with Crippen molar-refractivity contribution in [1.82, 2.24) is 4.90 Å². The molecule has 3 aliphatic carbocycles.